The number of thiophene rings is 1. The van der Waals surface area contributed by atoms with Crippen molar-refractivity contribution < 1.29 is 39.6 Å². The van der Waals surface area contributed by atoms with E-state index in [2.05, 4.69) is 15.3 Å². The van der Waals surface area contributed by atoms with Crippen molar-refractivity contribution >= 4 is 38.7 Å². The van der Waals surface area contributed by atoms with Gasteiger partial charge in [-0.15, -0.1) is 11.3 Å². The summed E-state index contributed by atoms with van der Waals surface area (Å²) in [5, 5.41) is 3.93. The largest absolute Gasteiger partial charge is 0.471 e. The molecule has 3 heterocycles. The number of halogens is 6. The highest BCUT2D eigenvalue weighted by molar-refractivity contribution is 7.90. The van der Waals surface area contributed by atoms with Crippen LogP contribution >= 0.6 is 11.3 Å². The molecule has 1 aliphatic heterocycles. The monoisotopic (exact) mass is 550 g/mol. The van der Waals surface area contributed by atoms with E-state index in [4.69, 9.17) is 0 Å². The molecular weight excluding hydrogens is 534 g/mol. The maximum atomic E-state index is 13.6. The van der Waals surface area contributed by atoms with Crippen LogP contribution in [0.2, 0.25) is 0 Å². The summed E-state index contributed by atoms with van der Waals surface area (Å²) in [5.41, 5.74) is -0.245. The summed E-state index contributed by atoms with van der Waals surface area (Å²) in [5.74, 6) is -2.20. The lowest BCUT2D eigenvalue weighted by molar-refractivity contribution is -0.186. The summed E-state index contributed by atoms with van der Waals surface area (Å²) in [7, 11) is -3.65. The van der Waals surface area contributed by atoms with Gasteiger partial charge in [0.05, 0.1) is 15.5 Å². The summed E-state index contributed by atoms with van der Waals surface area (Å²) in [6.07, 6.45) is -8.12. The number of benzene rings is 1. The van der Waals surface area contributed by atoms with Crippen LogP contribution in [-0.4, -0.2) is 48.2 Å². The van der Waals surface area contributed by atoms with Gasteiger partial charge in [0.2, 0.25) is 5.95 Å². The van der Waals surface area contributed by atoms with Crippen LogP contribution in [0.25, 0.3) is 10.6 Å². The van der Waals surface area contributed by atoms with Crippen LogP contribution < -0.4 is 5.32 Å². The van der Waals surface area contributed by atoms with Gasteiger partial charge < -0.3 is 10.2 Å². The van der Waals surface area contributed by atoms with E-state index in [1.165, 1.54) is 11.4 Å². The molecule has 192 valence electrons. The Morgan fingerprint density at radius 1 is 1.11 bits per heavy atom. The third kappa shape index (κ3) is 5.46. The number of carbonyl (C=O) groups is 1. The highest BCUT2D eigenvalue weighted by atomic mass is 32.2. The summed E-state index contributed by atoms with van der Waals surface area (Å²) in [6.45, 7) is -0.383. The molecule has 0 radical (unpaired) electrons. The van der Waals surface area contributed by atoms with Gasteiger partial charge in [0.1, 0.15) is 5.56 Å². The fourth-order valence-electron chi connectivity index (χ4n) is 3.59. The van der Waals surface area contributed by atoms with Crippen molar-refractivity contribution in [2.45, 2.75) is 30.2 Å². The van der Waals surface area contributed by atoms with Crippen LogP contribution in [0.1, 0.15) is 16.7 Å². The Balaban J connectivity index is 1.65. The topological polar surface area (TPSA) is 92.3 Å². The SMILES string of the molecule is CS(=O)(=O)c1csc(-c2nc(Nc3ccc4c(c3)CN(C(=O)C(F)(F)F)CC4)ncc2C(F)(F)F)c1. The lowest BCUT2D eigenvalue weighted by atomic mass is 9.99. The first-order valence-electron chi connectivity index (χ1n) is 10.1. The molecule has 1 amide bonds. The first kappa shape index (κ1) is 25.9. The van der Waals surface area contributed by atoms with Crippen molar-refractivity contribution in [2.75, 3.05) is 18.1 Å². The fraction of sp³-hybridized carbons (Fsp3) is 0.286. The van der Waals surface area contributed by atoms with Crippen LogP contribution in [0, 0.1) is 0 Å². The molecule has 0 atom stereocenters. The average Bonchev–Trinajstić information content (AvgIpc) is 3.27. The van der Waals surface area contributed by atoms with Gasteiger partial charge in [-0.2, -0.15) is 26.3 Å². The van der Waals surface area contributed by atoms with E-state index in [0.29, 0.717) is 16.7 Å². The van der Waals surface area contributed by atoms with Crippen molar-refractivity contribution in [3.05, 3.63) is 52.5 Å². The zero-order valence-electron chi connectivity index (χ0n) is 18.2. The van der Waals surface area contributed by atoms with Crippen molar-refractivity contribution in [3.8, 4) is 10.6 Å². The number of amides is 1. The second-order valence-corrected chi connectivity index (χ2v) is 10.9. The number of rotatable bonds is 4. The number of hydrogen-bond donors (Lipinski definition) is 1. The second kappa shape index (κ2) is 9.03. The molecule has 1 aliphatic rings. The second-order valence-electron chi connectivity index (χ2n) is 7.96. The third-order valence-electron chi connectivity index (χ3n) is 5.34. The van der Waals surface area contributed by atoms with E-state index in [0.717, 1.165) is 29.2 Å². The molecule has 0 spiro atoms. The Hall–Kier alpha value is -3.20. The number of fused-ring (bicyclic) bond motifs is 1. The molecule has 3 aromatic rings. The standard InChI is InChI=1S/C21H16F6N4O3S2/c1-36(33,34)14-7-16(35-10-14)17-15(20(22,23)24)8-28-19(30-17)29-13-3-2-11-4-5-31(9-12(11)6-13)18(32)21(25,26)27/h2-3,6-8,10H,4-5,9H2,1H3,(H,28,29,30). The van der Waals surface area contributed by atoms with Gasteiger partial charge in [0.25, 0.3) is 0 Å². The van der Waals surface area contributed by atoms with Gasteiger partial charge in [-0.05, 0) is 35.7 Å². The minimum absolute atomic E-state index is 0.0417. The van der Waals surface area contributed by atoms with Crippen LogP contribution in [0.5, 0.6) is 0 Å². The highest BCUT2D eigenvalue weighted by Gasteiger charge is 2.43. The summed E-state index contributed by atoms with van der Waals surface area (Å²) in [6, 6.07) is 5.76. The van der Waals surface area contributed by atoms with Crippen molar-refractivity contribution in [1.29, 1.82) is 0 Å². The average molecular weight is 551 g/mol. The lowest BCUT2D eigenvalue weighted by Crippen LogP contribution is -2.43. The van der Waals surface area contributed by atoms with E-state index in [-0.39, 0.29) is 40.9 Å². The number of alkyl halides is 6. The summed E-state index contributed by atoms with van der Waals surface area (Å²) >= 11 is 0.772. The number of hydrogen-bond acceptors (Lipinski definition) is 7. The maximum absolute atomic E-state index is 13.6. The number of anilines is 2. The quantitative estimate of drug-likeness (QED) is 0.469. The molecule has 0 saturated heterocycles. The fourth-order valence-corrected chi connectivity index (χ4v) is 5.61. The molecule has 0 fully saturated rings. The van der Waals surface area contributed by atoms with E-state index in [1.54, 1.807) is 12.1 Å². The Morgan fingerprint density at radius 2 is 1.83 bits per heavy atom. The Kier molecular flexibility index (Phi) is 6.49. The van der Waals surface area contributed by atoms with Gasteiger partial charge in [-0.3, -0.25) is 4.79 Å². The Labute approximate surface area is 204 Å². The summed E-state index contributed by atoms with van der Waals surface area (Å²) in [4.78, 5) is 19.7. The highest BCUT2D eigenvalue weighted by Crippen LogP contribution is 2.39. The molecule has 7 nitrogen and oxygen atoms in total. The van der Waals surface area contributed by atoms with E-state index >= 15 is 0 Å². The van der Waals surface area contributed by atoms with Crippen molar-refractivity contribution in [3.63, 3.8) is 0 Å². The van der Waals surface area contributed by atoms with E-state index in [9.17, 15) is 39.6 Å². The minimum atomic E-state index is -5.00. The molecule has 15 heteroatoms. The van der Waals surface area contributed by atoms with Crippen LogP contribution in [-0.2, 0) is 33.8 Å². The smallest absolute Gasteiger partial charge is 0.330 e. The van der Waals surface area contributed by atoms with Crippen molar-refractivity contribution in [2.24, 2.45) is 0 Å². The minimum Gasteiger partial charge on any atom is -0.330 e. The number of nitrogens with zero attached hydrogens (tertiary/aromatic N) is 3. The van der Waals surface area contributed by atoms with Crippen LogP contribution in [0.4, 0.5) is 38.0 Å². The summed E-state index contributed by atoms with van der Waals surface area (Å²) < 4.78 is 103. The van der Waals surface area contributed by atoms with Gasteiger partial charge in [0.15, 0.2) is 9.84 Å². The molecule has 0 unspecified atom stereocenters. The first-order valence-corrected chi connectivity index (χ1v) is 12.9. The molecular formula is C21H16F6N4O3S2. The Bertz CT molecular complexity index is 1430. The zero-order chi connectivity index (χ0) is 26.5. The van der Waals surface area contributed by atoms with Gasteiger partial charge >= 0.3 is 18.3 Å². The first-order chi connectivity index (χ1) is 16.6. The number of carbonyl (C=O) groups excluding carboxylic acids is 1. The van der Waals surface area contributed by atoms with Crippen LogP contribution in [0.3, 0.4) is 0 Å². The van der Waals surface area contributed by atoms with Gasteiger partial charge in [-0.1, -0.05) is 6.07 Å². The predicted molar refractivity (Wildman–Crippen MR) is 118 cm³/mol. The number of aromatic nitrogens is 2. The van der Waals surface area contributed by atoms with Crippen molar-refractivity contribution in [1.82, 2.24) is 14.9 Å². The molecule has 4 rings (SSSR count). The normalized spacial score (nSPS) is 14.5. The Morgan fingerprint density at radius 3 is 2.44 bits per heavy atom. The third-order valence-corrected chi connectivity index (χ3v) is 7.51. The number of nitrogens with one attached hydrogen (secondary N) is 1. The molecule has 1 aromatic carbocycles. The zero-order valence-corrected chi connectivity index (χ0v) is 19.9. The molecule has 36 heavy (non-hydrogen) atoms. The van der Waals surface area contributed by atoms with Gasteiger partial charge in [0, 0.05) is 36.6 Å². The van der Waals surface area contributed by atoms with E-state index in [1.807, 2.05) is 0 Å². The predicted octanol–water partition coefficient (Wildman–Crippen LogP) is 4.82. The molecule has 2 aromatic heterocycles. The lowest BCUT2D eigenvalue weighted by Gasteiger charge is -2.29. The molecule has 0 saturated carbocycles. The molecule has 0 aliphatic carbocycles. The van der Waals surface area contributed by atoms with E-state index < -0.39 is 39.4 Å². The van der Waals surface area contributed by atoms with Crippen LogP contribution in [0.15, 0.2) is 40.7 Å². The van der Waals surface area contributed by atoms with Gasteiger partial charge in [-0.25, -0.2) is 18.4 Å². The molecule has 0 bridgehead atoms. The number of sulfone groups is 1. The molecule has 1 N–H and O–H groups in total. The maximum Gasteiger partial charge on any atom is 0.471 e.